The van der Waals surface area contributed by atoms with E-state index in [1.54, 1.807) is 0 Å². The van der Waals surface area contributed by atoms with E-state index in [0.29, 0.717) is 6.42 Å². The second kappa shape index (κ2) is 5.79. The zero-order valence-electron chi connectivity index (χ0n) is 8.44. The summed E-state index contributed by atoms with van der Waals surface area (Å²) < 4.78 is 0. The molecule has 2 nitrogen and oxygen atoms in total. The van der Waals surface area contributed by atoms with E-state index in [2.05, 4.69) is 18.3 Å². The Balaban J connectivity index is 2.22. The summed E-state index contributed by atoms with van der Waals surface area (Å²) in [6.07, 6.45) is 9.60. The molecule has 0 fully saturated rings. The molecule has 1 aliphatic carbocycles. The molecule has 74 valence electrons. The lowest BCUT2D eigenvalue weighted by Crippen LogP contribution is -2.23. The summed E-state index contributed by atoms with van der Waals surface area (Å²) in [5.41, 5.74) is 1.15. The highest BCUT2D eigenvalue weighted by molar-refractivity contribution is 5.77. The lowest BCUT2D eigenvalue weighted by atomic mass is 10.0. The van der Waals surface area contributed by atoms with Gasteiger partial charge in [-0.1, -0.05) is 19.4 Å². The van der Waals surface area contributed by atoms with E-state index in [4.69, 9.17) is 0 Å². The molecule has 0 bridgehead atoms. The Morgan fingerprint density at radius 1 is 1.54 bits per heavy atom. The third kappa shape index (κ3) is 4.11. The fourth-order valence-electron chi connectivity index (χ4n) is 1.53. The molecule has 0 aromatic heterocycles. The molecule has 0 aromatic rings. The Morgan fingerprint density at radius 3 is 3.00 bits per heavy atom. The molecule has 0 aliphatic heterocycles. The van der Waals surface area contributed by atoms with Crippen LogP contribution >= 0.6 is 0 Å². The molecule has 1 rings (SSSR count). The molecule has 1 aliphatic rings. The highest BCUT2D eigenvalue weighted by Crippen LogP contribution is 2.14. The van der Waals surface area contributed by atoms with Gasteiger partial charge in [-0.05, 0) is 32.1 Å². The number of carbonyl (C=O) groups is 1. The van der Waals surface area contributed by atoms with Crippen LogP contribution in [0.2, 0.25) is 0 Å². The molecule has 0 spiro atoms. The average Bonchev–Trinajstić information content (AvgIpc) is 2.16. The quantitative estimate of drug-likeness (QED) is 0.710. The van der Waals surface area contributed by atoms with Gasteiger partial charge in [0.25, 0.3) is 0 Å². The van der Waals surface area contributed by atoms with Gasteiger partial charge in [-0.2, -0.15) is 0 Å². The second-order valence-electron chi connectivity index (χ2n) is 3.63. The van der Waals surface area contributed by atoms with Gasteiger partial charge >= 0.3 is 0 Å². The van der Waals surface area contributed by atoms with Crippen LogP contribution in [0.15, 0.2) is 11.8 Å². The summed E-state index contributed by atoms with van der Waals surface area (Å²) in [5.74, 6) is 0.190. The first-order valence-electron chi connectivity index (χ1n) is 5.32. The number of hydrogen-bond donors (Lipinski definition) is 1. The largest absolute Gasteiger partial charge is 0.330 e. The molecule has 0 atom stereocenters. The number of hydrogen-bond acceptors (Lipinski definition) is 1. The van der Waals surface area contributed by atoms with Crippen molar-refractivity contribution in [1.82, 2.24) is 5.32 Å². The Hall–Kier alpha value is -0.790. The summed E-state index contributed by atoms with van der Waals surface area (Å²) in [6, 6.07) is 0. The Kier molecular flexibility index (Phi) is 4.58. The van der Waals surface area contributed by atoms with Gasteiger partial charge < -0.3 is 5.32 Å². The number of unbranched alkanes of at least 4 members (excludes halogenated alkanes) is 1. The Morgan fingerprint density at radius 2 is 2.38 bits per heavy atom. The molecule has 0 saturated heterocycles. The fourth-order valence-corrected chi connectivity index (χ4v) is 1.53. The molecular weight excluding hydrogens is 162 g/mol. The van der Waals surface area contributed by atoms with Gasteiger partial charge in [-0.3, -0.25) is 4.79 Å². The minimum atomic E-state index is 0.190. The van der Waals surface area contributed by atoms with E-state index >= 15 is 0 Å². The Bertz CT molecular complexity index is 196. The third-order valence-corrected chi connectivity index (χ3v) is 2.35. The van der Waals surface area contributed by atoms with Crippen LogP contribution in [0.3, 0.4) is 0 Å². The first-order valence-corrected chi connectivity index (χ1v) is 5.32. The molecule has 0 radical (unpaired) electrons. The summed E-state index contributed by atoms with van der Waals surface area (Å²) in [7, 11) is 0. The van der Waals surface area contributed by atoms with Crippen LogP contribution < -0.4 is 5.32 Å². The molecule has 0 saturated carbocycles. The van der Waals surface area contributed by atoms with E-state index in [1.165, 1.54) is 12.8 Å². The maximum absolute atomic E-state index is 11.3. The van der Waals surface area contributed by atoms with Crippen LogP contribution in [-0.2, 0) is 4.79 Å². The first kappa shape index (κ1) is 10.3. The predicted octanol–water partition coefficient (Wildman–Crippen LogP) is 2.75. The van der Waals surface area contributed by atoms with Gasteiger partial charge in [0.2, 0.25) is 5.91 Å². The lowest BCUT2D eigenvalue weighted by Gasteiger charge is -2.13. The summed E-state index contributed by atoms with van der Waals surface area (Å²) in [4.78, 5) is 11.3. The smallest absolute Gasteiger partial charge is 0.224 e. The number of amides is 1. The summed E-state index contributed by atoms with van der Waals surface area (Å²) in [5, 5.41) is 2.98. The van der Waals surface area contributed by atoms with Crippen molar-refractivity contribution < 1.29 is 4.79 Å². The summed E-state index contributed by atoms with van der Waals surface area (Å²) >= 11 is 0. The van der Waals surface area contributed by atoms with Crippen molar-refractivity contribution in [2.75, 3.05) is 0 Å². The maximum atomic E-state index is 11.3. The Labute approximate surface area is 80.4 Å². The molecule has 0 heterocycles. The van der Waals surface area contributed by atoms with Gasteiger partial charge in [0, 0.05) is 12.1 Å². The molecule has 0 aromatic carbocycles. The van der Waals surface area contributed by atoms with Crippen LogP contribution in [0.25, 0.3) is 0 Å². The van der Waals surface area contributed by atoms with Gasteiger partial charge in [0.05, 0.1) is 0 Å². The highest BCUT2D eigenvalue weighted by atomic mass is 16.1. The van der Waals surface area contributed by atoms with Crippen LogP contribution in [0, 0.1) is 0 Å². The van der Waals surface area contributed by atoms with Crippen molar-refractivity contribution in [3.63, 3.8) is 0 Å². The molecule has 1 amide bonds. The van der Waals surface area contributed by atoms with E-state index in [1.807, 2.05) is 0 Å². The fraction of sp³-hybridized carbons (Fsp3) is 0.727. The first-order chi connectivity index (χ1) is 6.33. The van der Waals surface area contributed by atoms with Crippen LogP contribution in [-0.4, -0.2) is 5.91 Å². The molecular formula is C11H19NO. The zero-order valence-corrected chi connectivity index (χ0v) is 8.44. The topological polar surface area (TPSA) is 29.1 Å². The van der Waals surface area contributed by atoms with Crippen molar-refractivity contribution in [2.45, 2.75) is 51.9 Å². The van der Waals surface area contributed by atoms with Crippen molar-refractivity contribution in [3.8, 4) is 0 Å². The van der Waals surface area contributed by atoms with Crippen molar-refractivity contribution in [2.24, 2.45) is 0 Å². The van der Waals surface area contributed by atoms with E-state index in [9.17, 15) is 4.79 Å². The number of rotatable bonds is 4. The average molecular weight is 181 g/mol. The van der Waals surface area contributed by atoms with Crippen LogP contribution in [0.4, 0.5) is 0 Å². The number of nitrogens with one attached hydrogen (secondary N) is 1. The van der Waals surface area contributed by atoms with Gasteiger partial charge in [0.1, 0.15) is 0 Å². The maximum Gasteiger partial charge on any atom is 0.224 e. The van der Waals surface area contributed by atoms with Gasteiger partial charge in [-0.25, -0.2) is 0 Å². The highest BCUT2D eigenvalue weighted by Gasteiger charge is 2.06. The second-order valence-corrected chi connectivity index (χ2v) is 3.63. The third-order valence-electron chi connectivity index (χ3n) is 2.35. The minimum Gasteiger partial charge on any atom is -0.330 e. The van der Waals surface area contributed by atoms with Crippen LogP contribution in [0.5, 0.6) is 0 Å². The number of carbonyl (C=O) groups excluding carboxylic acids is 1. The normalized spacial score (nSPS) is 16.5. The van der Waals surface area contributed by atoms with Crippen molar-refractivity contribution in [3.05, 3.63) is 11.8 Å². The van der Waals surface area contributed by atoms with E-state index in [0.717, 1.165) is 31.4 Å². The summed E-state index contributed by atoms with van der Waals surface area (Å²) in [6.45, 7) is 2.10. The lowest BCUT2D eigenvalue weighted by molar-refractivity contribution is -0.120. The standard InChI is InChI=1S/C11H19NO/c1-2-3-9-11(13)12-10-7-5-4-6-8-10/h7H,2-6,8-9H2,1H3,(H,12,13). The van der Waals surface area contributed by atoms with E-state index < -0.39 is 0 Å². The molecule has 2 heteroatoms. The van der Waals surface area contributed by atoms with Gasteiger partial charge in [-0.15, -0.1) is 0 Å². The monoisotopic (exact) mass is 181 g/mol. The van der Waals surface area contributed by atoms with Crippen molar-refractivity contribution in [1.29, 1.82) is 0 Å². The molecule has 1 N–H and O–H groups in total. The molecule has 13 heavy (non-hydrogen) atoms. The molecule has 0 unspecified atom stereocenters. The number of allylic oxidation sites excluding steroid dienone is 2. The van der Waals surface area contributed by atoms with Crippen molar-refractivity contribution >= 4 is 5.91 Å². The zero-order chi connectivity index (χ0) is 9.52. The van der Waals surface area contributed by atoms with E-state index in [-0.39, 0.29) is 5.91 Å². The minimum absolute atomic E-state index is 0.190. The van der Waals surface area contributed by atoms with Crippen LogP contribution in [0.1, 0.15) is 51.9 Å². The SMILES string of the molecule is CCCCC(=O)NC1=CCCCC1. The van der Waals surface area contributed by atoms with Gasteiger partial charge in [0.15, 0.2) is 0 Å². The predicted molar refractivity (Wildman–Crippen MR) is 54.2 cm³/mol.